The number of carbonyl (C=O) groups is 1. The smallest absolute Gasteiger partial charge is 0.261 e. The van der Waals surface area contributed by atoms with Gasteiger partial charge in [0.1, 0.15) is 5.82 Å². The molecule has 3 aromatic rings. The van der Waals surface area contributed by atoms with Gasteiger partial charge in [0.2, 0.25) is 0 Å². The maximum atomic E-state index is 13.2. The summed E-state index contributed by atoms with van der Waals surface area (Å²) in [5.74, 6) is -0.755. The zero-order valence-corrected chi connectivity index (χ0v) is 17.6. The van der Waals surface area contributed by atoms with Crippen LogP contribution < -0.4 is 9.62 Å². The van der Waals surface area contributed by atoms with Gasteiger partial charge in [-0.15, -0.1) is 0 Å². The number of amides is 1. The molecule has 0 saturated carbocycles. The summed E-state index contributed by atoms with van der Waals surface area (Å²) in [6.45, 7) is 2.46. The Labute approximate surface area is 181 Å². The van der Waals surface area contributed by atoms with Gasteiger partial charge in [-0.2, -0.15) is 0 Å². The van der Waals surface area contributed by atoms with E-state index in [2.05, 4.69) is 9.62 Å². The molecule has 6 nitrogen and oxygen atoms in total. The summed E-state index contributed by atoms with van der Waals surface area (Å²) >= 11 is 0. The molecule has 0 unspecified atom stereocenters. The van der Waals surface area contributed by atoms with Gasteiger partial charge in [-0.25, -0.2) is 12.8 Å². The van der Waals surface area contributed by atoms with Crippen LogP contribution in [0.2, 0.25) is 0 Å². The van der Waals surface area contributed by atoms with Crippen molar-refractivity contribution < 1.29 is 17.6 Å². The highest BCUT2D eigenvalue weighted by Gasteiger charge is 2.25. The van der Waals surface area contributed by atoms with Crippen molar-refractivity contribution in [2.75, 3.05) is 35.8 Å². The summed E-state index contributed by atoms with van der Waals surface area (Å²) in [7, 11) is -3.96. The average molecular weight is 440 g/mol. The van der Waals surface area contributed by atoms with Crippen LogP contribution in [0.3, 0.4) is 0 Å². The number of carbonyl (C=O) groups excluding carboxylic acids is 1. The lowest BCUT2D eigenvalue weighted by Crippen LogP contribution is -2.48. The van der Waals surface area contributed by atoms with Crippen LogP contribution in [0.15, 0.2) is 83.8 Å². The standard InChI is InChI=1S/C23H22FN3O3S/c24-18-10-12-20(13-11-18)31(29,30)25-22-9-5-4-8-21(22)23(28)27-16-14-26(15-17-27)19-6-2-1-3-7-19/h1-13,25H,14-17H2. The molecule has 160 valence electrons. The van der Waals surface area contributed by atoms with Gasteiger partial charge in [0, 0.05) is 31.9 Å². The zero-order chi connectivity index (χ0) is 21.8. The van der Waals surface area contributed by atoms with Crippen molar-refractivity contribution in [1.82, 2.24) is 4.90 Å². The highest BCUT2D eigenvalue weighted by Crippen LogP contribution is 2.23. The molecule has 0 atom stereocenters. The maximum absolute atomic E-state index is 13.2. The predicted molar refractivity (Wildman–Crippen MR) is 118 cm³/mol. The van der Waals surface area contributed by atoms with Crippen LogP contribution in [0, 0.1) is 5.82 Å². The third kappa shape index (κ3) is 4.69. The molecule has 0 bridgehead atoms. The number of hydrogen-bond acceptors (Lipinski definition) is 4. The minimum absolute atomic E-state index is 0.0763. The van der Waals surface area contributed by atoms with E-state index >= 15 is 0 Å². The molecule has 3 aromatic carbocycles. The van der Waals surface area contributed by atoms with Crippen LogP contribution in [0.4, 0.5) is 15.8 Å². The van der Waals surface area contributed by atoms with Crippen LogP contribution in [0.25, 0.3) is 0 Å². The molecule has 31 heavy (non-hydrogen) atoms. The van der Waals surface area contributed by atoms with E-state index in [9.17, 15) is 17.6 Å². The molecule has 1 N–H and O–H groups in total. The summed E-state index contributed by atoms with van der Waals surface area (Å²) in [5.41, 5.74) is 1.59. The van der Waals surface area contributed by atoms with Gasteiger partial charge < -0.3 is 9.80 Å². The summed E-state index contributed by atoms with van der Waals surface area (Å²) in [5, 5.41) is 0. The molecule has 1 fully saturated rings. The van der Waals surface area contributed by atoms with Gasteiger partial charge >= 0.3 is 0 Å². The molecular weight excluding hydrogens is 417 g/mol. The van der Waals surface area contributed by atoms with Crippen molar-refractivity contribution in [3.8, 4) is 0 Å². The summed E-state index contributed by atoms with van der Waals surface area (Å²) in [4.78, 5) is 17.0. The van der Waals surface area contributed by atoms with E-state index in [-0.39, 0.29) is 22.1 Å². The Morgan fingerprint density at radius 2 is 1.42 bits per heavy atom. The fraction of sp³-hybridized carbons (Fsp3) is 0.174. The largest absolute Gasteiger partial charge is 0.368 e. The molecule has 1 amide bonds. The van der Waals surface area contributed by atoms with Gasteiger partial charge in [-0.3, -0.25) is 9.52 Å². The predicted octanol–water partition coefficient (Wildman–Crippen LogP) is 3.59. The number of nitrogens with one attached hydrogen (secondary N) is 1. The van der Waals surface area contributed by atoms with Crippen molar-refractivity contribution in [3.63, 3.8) is 0 Å². The van der Waals surface area contributed by atoms with Crippen molar-refractivity contribution in [3.05, 3.63) is 90.2 Å². The van der Waals surface area contributed by atoms with Gasteiger partial charge in [0.05, 0.1) is 16.1 Å². The average Bonchev–Trinajstić information content (AvgIpc) is 2.80. The topological polar surface area (TPSA) is 69.7 Å². The number of rotatable bonds is 5. The number of para-hydroxylation sites is 2. The molecule has 4 rings (SSSR count). The Hall–Kier alpha value is -3.39. The molecule has 0 aliphatic carbocycles. The van der Waals surface area contributed by atoms with E-state index in [1.807, 2.05) is 30.3 Å². The fourth-order valence-electron chi connectivity index (χ4n) is 3.55. The molecule has 8 heteroatoms. The lowest BCUT2D eigenvalue weighted by atomic mass is 10.1. The fourth-order valence-corrected chi connectivity index (χ4v) is 4.63. The Morgan fingerprint density at radius 1 is 0.806 bits per heavy atom. The summed E-state index contributed by atoms with van der Waals surface area (Å²) < 4.78 is 41.0. The normalized spacial score (nSPS) is 14.4. The molecule has 1 aliphatic heterocycles. The second kappa shape index (κ2) is 8.77. The second-order valence-corrected chi connectivity index (χ2v) is 8.90. The van der Waals surface area contributed by atoms with E-state index in [0.29, 0.717) is 26.2 Å². The summed E-state index contributed by atoms with van der Waals surface area (Å²) in [6.07, 6.45) is 0. The molecule has 1 heterocycles. The number of halogens is 1. The Kier molecular flexibility index (Phi) is 5.90. The quantitative estimate of drug-likeness (QED) is 0.660. The van der Waals surface area contributed by atoms with Crippen LogP contribution in [-0.2, 0) is 10.0 Å². The zero-order valence-electron chi connectivity index (χ0n) is 16.7. The van der Waals surface area contributed by atoms with Gasteiger partial charge in [0.25, 0.3) is 15.9 Å². The van der Waals surface area contributed by atoms with Crippen LogP contribution in [0.1, 0.15) is 10.4 Å². The summed E-state index contributed by atoms with van der Waals surface area (Å²) in [6, 6.07) is 21.1. The molecule has 0 spiro atoms. The second-order valence-electron chi connectivity index (χ2n) is 7.22. The van der Waals surface area contributed by atoms with Gasteiger partial charge in [0.15, 0.2) is 0 Å². The Morgan fingerprint density at radius 3 is 2.10 bits per heavy atom. The molecule has 0 radical (unpaired) electrons. The first-order valence-corrected chi connectivity index (χ1v) is 11.4. The SMILES string of the molecule is O=C(c1ccccc1NS(=O)(=O)c1ccc(F)cc1)N1CCN(c2ccccc2)CC1. The molecule has 1 saturated heterocycles. The Bertz CT molecular complexity index is 1160. The maximum Gasteiger partial charge on any atom is 0.261 e. The Balaban J connectivity index is 1.49. The number of anilines is 2. The van der Waals surface area contributed by atoms with Crippen molar-refractivity contribution in [2.45, 2.75) is 4.90 Å². The third-order valence-corrected chi connectivity index (χ3v) is 6.60. The van der Waals surface area contributed by atoms with E-state index < -0.39 is 15.8 Å². The minimum Gasteiger partial charge on any atom is -0.368 e. The van der Waals surface area contributed by atoms with Crippen molar-refractivity contribution >= 4 is 27.3 Å². The number of sulfonamides is 1. The number of benzene rings is 3. The first-order chi connectivity index (χ1) is 14.9. The number of hydrogen-bond donors (Lipinski definition) is 1. The minimum atomic E-state index is -3.96. The first-order valence-electron chi connectivity index (χ1n) is 9.91. The lowest BCUT2D eigenvalue weighted by Gasteiger charge is -2.36. The van der Waals surface area contributed by atoms with E-state index in [1.165, 1.54) is 12.1 Å². The highest BCUT2D eigenvalue weighted by atomic mass is 32.2. The van der Waals surface area contributed by atoms with Gasteiger partial charge in [-0.1, -0.05) is 30.3 Å². The molecule has 1 aliphatic rings. The van der Waals surface area contributed by atoms with Crippen molar-refractivity contribution in [1.29, 1.82) is 0 Å². The van der Waals surface area contributed by atoms with E-state index in [0.717, 1.165) is 17.8 Å². The van der Waals surface area contributed by atoms with Crippen LogP contribution in [0.5, 0.6) is 0 Å². The lowest BCUT2D eigenvalue weighted by molar-refractivity contribution is 0.0748. The molecular formula is C23H22FN3O3S. The molecule has 0 aromatic heterocycles. The van der Waals surface area contributed by atoms with Crippen LogP contribution >= 0.6 is 0 Å². The monoisotopic (exact) mass is 439 g/mol. The van der Waals surface area contributed by atoms with Crippen LogP contribution in [-0.4, -0.2) is 45.4 Å². The van der Waals surface area contributed by atoms with E-state index in [1.54, 1.807) is 29.2 Å². The highest BCUT2D eigenvalue weighted by molar-refractivity contribution is 7.92. The third-order valence-electron chi connectivity index (χ3n) is 5.21. The first kappa shape index (κ1) is 20.9. The number of piperazine rings is 1. The van der Waals surface area contributed by atoms with E-state index in [4.69, 9.17) is 0 Å². The van der Waals surface area contributed by atoms with Gasteiger partial charge in [-0.05, 0) is 48.5 Å². The number of nitrogens with zero attached hydrogens (tertiary/aromatic N) is 2. The van der Waals surface area contributed by atoms with Crippen molar-refractivity contribution in [2.24, 2.45) is 0 Å².